The Labute approximate surface area is 159 Å². The molecule has 0 aliphatic heterocycles. The van der Waals surface area contributed by atoms with E-state index in [-0.39, 0.29) is 17.4 Å². The van der Waals surface area contributed by atoms with Crippen molar-refractivity contribution in [1.29, 1.82) is 0 Å². The Morgan fingerprint density at radius 3 is 3.00 bits per heavy atom. The van der Waals surface area contributed by atoms with Gasteiger partial charge in [-0.15, -0.1) is 0 Å². The van der Waals surface area contributed by atoms with Crippen molar-refractivity contribution in [2.24, 2.45) is 0 Å². The van der Waals surface area contributed by atoms with Gasteiger partial charge in [-0.2, -0.15) is 4.98 Å². The number of aryl methyl sites for hydroxylation is 1. The highest BCUT2D eigenvalue weighted by atomic mass is 16.5. The Kier molecular flexibility index (Phi) is 5.10. The largest absolute Gasteiger partial charge is 0.490 e. The predicted octanol–water partition coefficient (Wildman–Crippen LogP) is 4.02. The second-order valence-electron chi connectivity index (χ2n) is 7.15. The predicted molar refractivity (Wildman–Crippen MR) is 107 cm³/mol. The molecule has 0 saturated carbocycles. The molecule has 0 saturated heterocycles. The van der Waals surface area contributed by atoms with E-state index in [9.17, 15) is 4.79 Å². The molecule has 0 unspecified atom stereocenters. The summed E-state index contributed by atoms with van der Waals surface area (Å²) in [5, 5.41) is 3.54. The average molecular weight is 363 g/mol. The lowest BCUT2D eigenvalue weighted by Crippen LogP contribution is -2.24. The van der Waals surface area contributed by atoms with Gasteiger partial charge in [0.05, 0.1) is 19.3 Å². The maximum Gasteiger partial charge on any atom is 0.316 e. The Bertz CT molecular complexity index is 943. The van der Waals surface area contributed by atoms with Crippen LogP contribution in [0.25, 0.3) is 0 Å². The summed E-state index contributed by atoms with van der Waals surface area (Å²) in [5.41, 5.74) is 3.67. The van der Waals surface area contributed by atoms with Crippen LogP contribution >= 0.6 is 0 Å². The van der Waals surface area contributed by atoms with Crippen LogP contribution in [-0.4, -0.2) is 16.7 Å². The summed E-state index contributed by atoms with van der Waals surface area (Å²) >= 11 is 0. The second-order valence-corrected chi connectivity index (χ2v) is 7.15. The molecule has 0 spiro atoms. The highest BCUT2D eigenvalue weighted by molar-refractivity contribution is 5.40. The smallest absolute Gasteiger partial charge is 0.316 e. The van der Waals surface area contributed by atoms with E-state index < -0.39 is 0 Å². The monoisotopic (exact) mass is 363 g/mol. The van der Waals surface area contributed by atoms with Crippen molar-refractivity contribution in [2.75, 3.05) is 12.4 Å². The first kappa shape index (κ1) is 17.6. The molecule has 0 bridgehead atoms. The van der Waals surface area contributed by atoms with E-state index in [2.05, 4.69) is 52.8 Å². The number of allylic oxidation sites excluding steroid dienone is 4. The van der Waals surface area contributed by atoms with Gasteiger partial charge in [0.15, 0.2) is 0 Å². The van der Waals surface area contributed by atoms with Crippen molar-refractivity contribution >= 4 is 5.95 Å². The van der Waals surface area contributed by atoms with Gasteiger partial charge in [-0.3, -0.25) is 4.79 Å². The highest BCUT2D eigenvalue weighted by Crippen LogP contribution is 2.32. The molecule has 4 rings (SSSR count). The van der Waals surface area contributed by atoms with E-state index in [1.165, 1.54) is 23.8 Å². The van der Waals surface area contributed by atoms with E-state index in [0.717, 1.165) is 32.1 Å². The van der Waals surface area contributed by atoms with E-state index in [4.69, 9.17) is 4.74 Å². The number of rotatable bonds is 5. The van der Waals surface area contributed by atoms with Gasteiger partial charge in [-0.1, -0.05) is 48.1 Å². The molecule has 2 aliphatic rings. The van der Waals surface area contributed by atoms with Crippen LogP contribution in [0, 0.1) is 0 Å². The molecule has 1 atom stereocenters. The van der Waals surface area contributed by atoms with Crippen LogP contribution in [0.3, 0.4) is 0 Å². The average Bonchev–Trinajstić information content (AvgIpc) is 2.71. The lowest BCUT2D eigenvalue weighted by Gasteiger charge is -2.28. The maximum absolute atomic E-state index is 12.3. The normalized spacial score (nSPS) is 18.6. The highest BCUT2D eigenvalue weighted by Gasteiger charge is 2.22. The summed E-state index contributed by atoms with van der Waals surface area (Å²) in [4.78, 5) is 16.6. The number of anilines is 1. The van der Waals surface area contributed by atoms with Crippen molar-refractivity contribution in [1.82, 2.24) is 9.55 Å². The van der Waals surface area contributed by atoms with Crippen molar-refractivity contribution in [3.8, 4) is 5.75 Å². The molecule has 0 fully saturated rings. The van der Waals surface area contributed by atoms with E-state index in [1.807, 2.05) is 4.57 Å². The van der Waals surface area contributed by atoms with Gasteiger partial charge < -0.3 is 14.6 Å². The molecule has 2 aliphatic carbocycles. The Balaban J connectivity index is 1.67. The number of nitrogens with zero attached hydrogens (tertiary/aromatic N) is 2. The molecule has 1 heterocycles. The minimum Gasteiger partial charge on any atom is -0.490 e. The third-order valence-corrected chi connectivity index (χ3v) is 5.33. The van der Waals surface area contributed by atoms with Gasteiger partial charge in [0.1, 0.15) is 0 Å². The molecule has 2 aromatic rings. The molecule has 0 radical (unpaired) electrons. The molecule has 5 heteroatoms. The Morgan fingerprint density at radius 2 is 2.19 bits per heavy atom. The lowest BCUT2D eigenvalue weighted by molar-refractivity contribution is 0.402. The maximum atomic E-state index is 12.3. The third kappa shape index (κ3) is 3.82. The first-order valence-corrected chi connectivity index (χ1v) is 9.59. The van der Waals surface area contributed by atoms with Crippen molar-refractivity contribution in [3.05, 3.63) is 75.7 Å². The molecule has 1 aromatic carbocycles. The van der Waals surface area contributed by atoms with E-state index >= 15 is 0 Å². The third-order valence-electron chi connectivity index (χ3n) is 5.33. The molecular weight excluding hydrogens is 338 g/mol. The van der Waals surface area contributed by atoms with Gasteiger partial charge in [0.2, 0.25) is 11.7 Å². The minimum absolute atomic E-state index is 0.168. The van der Waals surface area contributed by atoms with E-state index in [0.29, 0.717) is 12.5 Å². The molecule has 1 N–H and O–H groups in total. The van der Waals surface area contributed by atoms with Crippen LogP contribution in [0.4, 0.5) is 5.95 Å². The summed E-state index contributed by atoms with van der Waals surface area (Å²) in [6.45, 7) is 0.699. The summed E-state index contributed by atoms with van der Waals surface area (Å²) < 4.78 is 7.22. The lowest BCUT2D eigenvalue weighted by atomic mass is 9.88. The number of fused-ring (bicyclic) bond motifs is 1. The number of ether oxygens (including phenoxy) is 1. The molecule has 5 nitrogen and oxygen atoms in total. The van der Waals surface area contributed by atoms with Gasteiger partial charge in [-0.05, 0) is 43.2 Å². The fourth-order valence-electron chi connectivity index (χ4n) is 3.91. The fraction of sp³-hybridized carbons (Fsp3) is 0.364. The van der Waals surface area contributed by atoms with Gasteiger partial charge >= 0.3 is 5.56 Å². The van der Waals surface area contributed by atoms with Gasteiger partial charge in [0.25, 0.3) is 0 Å². The quantitative estimate of drug-likeness (QED) is 0.872. The second kappa shape index (κ2) is 7.82. The number of benzene rings is 1. The zero-order chi connectivity index (χ0) is 18.6. The van der Waals surface area contributed by atoms with Crippen LogP contribution in [0.5, 0.6) is 5.75 Å². The number of hydrogen-bond donors (Lipinski definition) is 1. The fourth-order valence-corrected chi connectivity index (χ4v) is 3.91. The standard InChI is InChI=1S/C22H25N3O2/c1-27-20-15-25(14-16-8-3-2-4-9-16)22(24-21(20)26)23-19-13-7-11-17-10-5-6-12-18(17)19/h2-3,5-6,8,10,12,15,19H,4,7,9,11,13-14H2,1H3,(H,23,24,26)/t19-/m1/s1. The SMILES string of the molecule is COc1cn(CC2=CC=CCC2)c(N[C@@H]2CCCc3ccccc32)nc1=O. The number of nitrogens with one attached hydrogen (secondary N) is 1. The van der Waals surface area contributed by atoms with E-state index in [1.54, 1.807) is 6.20 Å². The molecular formula is C22H25N3O2. The minimum atomic E-state index is -0.335. The Morgan fingerprint density at radius 1 is 1.30 bits per heavy atom. The summed E-state index contributed by atoms with van der Waals surface area (Å²) in [7, 11) is 1.51. The Hall–Kier alpha value is -2.82. The van der Waals surface area contributed by atoms with Gasteiger partial charge in [0, 0.05) is 6.54 Å². The van der Waals surface area contributed by atoms with Crippen molar-refractivity contribution in [3.63, 3.8) is 0 Å². The molecule has 27 heavy (non-hydrogen) atoms. The summed E-state index contributed by atoms with van der Waals surface area (Å²) in [5.74, 6) is 0.884. The van der Waals surface area contributed by atoms with Crippen LogP contribution in [-0.2, 0) is 13.0 Å². The van der Waals surface area contributed by atoms with Crippen LogP contribution < -0.4 is 15.6 Å². The zero-order valence-corrected chi connectivity index (χ0v) is 15.6. The molecule has 0 amide bonds. The number of methoxy groups -OCH3 is 1. The summed E-state index contributed by atoms with van der Waals surface area (Å²) in [6.07, 6.45) is 13.5. The number of aromatic nitrogens is 2. The van der Waals surface area contributed by atoms with Crippen LogP contribution in [0.2, 0.25) is 0 Å². The van der Waals surface area contributed by atoms with Crippen molar-refractivity contribution in [2.45, 2.75) is 44.7 Å². The van der Waals surface area contributed by atoms with Crippen molar-refractivity contribution < 1.29 is 4.74 Å². The first-order chi connectivity index (χ1) is 13.2. The van der Waals surface area contributed by atoms with Crippen LogP contribution in [0.15, 0.2) is 59.1 Å². The molecule has 1 aromatic heterocycles. The number of hydrogen-bond acceptors (Lipinski definition) is 4. The zero-order valence-electron chi connectivity index (χ0n) is 15.6. The topological polar surface area (TPSA) is 56.1 Å². The first-order valence-electron chi connectivity index (χ1n) is 9.59. The summed E-state index contributed by atoms with van der Waals surface area (Å²) in [6, 6.07) is 8.70. The van der Waals surface area contributed by atoms with Crippen LogP contribution in [0.1, 0.15) is 42.9 Å². The molecule has 140 valence electrons. The van der Waals surface area contributed by atoms with Gasteiger partial charge in [-0.25, -0.2) is 0 Å².